The molecule has 1 aliphatic heterocycles. The maximum atomic E-state index is 9.63. The smallest absolute Gasteiger partial charge is 0.186 e. The molecule has 0 amide bonds. The number of aliphatic hydroxyl groups is 1. The van der Waals surface area contributed by atoms with Crippen molar-refractivity contribution >= 4 is 0 Å². The summed E-state index contributed by atoms with van der Waals surface area (Å²) in [6.07, 6.45) is -1.86. The largest absolute Gasteiger partial charge is 0.394 e. The first-order valence-electron chi connectivity index (χ1n) is 8.42. The van der Waals surface area contributed by atoms with Crippen molar-refractivity contribution in [1.82, 2.24) is 0 Å². The summed E-state index contributed by atoms with van der Waals surface area (Å²) in [4.78, 5) is 0. The first-order valence-corrected chi connectivity index (χ1v) is 8.42. The number of aliphatic hydroxyl groups excluding tert-OH is 1. The van der Waals surface area contributed by atoms with E-state index in [2.05, 4.69) is 0 Å². The van der Waals surface area contributed by atoms with E-state index in [0.29, 0.717) is 13.2 Å². The van der Waals surface area contributed by atoms with Crippen LogP contribution in [0.4, 0.5) is 0 Å². The highest BCUT2D eigenvalue weighted by Gasteiger charge is 2.46. The van der Waals surface area contributed by atoms with Gasteiger partial charge < -0.3 is 24.1 Å². The molecule has 1 aliphatic rings. The molecule has 134 valence electrons. The molecule has 0 radical (unpaired) electrons. The van der Waals surface area contributed by atoms with Gasteiger partial charge in [-0.3, -0.25) is 0 Å². The van der Waals surface area contributed by atoms with Crippen molar-refractivity contribution in [3.8, 4) is 0 Å². The minimum absolute atomic E-state index is 0.148. The van der Waals surface area contributed by atoms with Gasteiger partial charge in [0.05, 0.1) is 19.8 Å². The van der Waals surface area contributed by atoms with Crippen molar-refractivity contribution in [2.45, 2.75) is 37.8 Å². The maximum absolute atomic E-state index is 9.63. The molecule has 0 spiro atoms. The molecule has 0 aromatic heterocycles. The van der Waals surface area contributed by atoms with Crippen LogP contribution in [0.2, 0.25) is 0 Å². The van der Waals surface area contributed by atoms with Crippen LogP contribution in [0.3, 0.4) is 0 Å². The molecule has 0 aliphatic carbocycles. The molecule has 1 fully saturated rings. The summed E-state index contributed by atoms with van der Waals surface area (Å²) in [5, 5.41) is 9.63. The van der Waals surface area contributed by atoms with Crippen LogP contribution >= 0.6 is 0 Å². The first-order chi connectivity index (χ1) is 12.3. The number of benzene rings is 2. The molecule has 2 aromatic carbocycles. The summed E-state index contributed by atoms with van der Waals surface area (Å²) >= 11 is 0. The zero-order chi connectivity index (χ0) is 17.5. The van der Waals surface area contributed by atoms with Gasteiger partial charge in [-0.05, 0) is 11.1 Å². The molecule has 5 nitrogen and oxygen atoms in total. The normalized spacial score (nSPS) is 26.0. The van der Waals surface area contributed by atoms with Crippen molar-refractivity contribution in [2.75, 3.05) is 13.7 Å². The molecular formula is C20H24O5. The second-order valence-corrected chi connectivity index (χ2v) is 5.98. The highest BCUT2D eigenvalue weighted by molar-refractivity contribution is 5.14. The molecule has 1 N–H and O–H groups in total. The predicted molar refractivity (Wildman–Crippen MR) is 92.8 cm³/mol. The van der Waals surface area contributed by atoms with Gasteiger partial charge in [0, 0.05) is 7.11 Å². The highest BCUT2D eigenvalue weighted by atomic mass is 16.7. The van der Waals surface area contributed by atoms with Crippen LogP contribution in [0.25, 0.3) is 0 Å². The molecule has 1 saturated heterocycles. The minimum atomic E-state index is -0.568. The molecule has 3 rings (SSSR count). The summed E-state index contributed by atoms with van der Waals surface area (Å²) in [5.41, 5.74) is 2.12. The van der Waals surface area contributed by atoms with E-state index in [0.717, 1.165) is 11.1 Å². The second kappa shape index (κ2) is 9.08. The average Bonchev–Trinajstić information content (AvgIpc) is 3.03. The topological polar surface area (TPSA) is 57.2 Å². The fraction of sp³-hybridized carbons (Fsp3) is 0.400. The van der Waals surface area contributed by atoms with Gasteiger partial charge in [-0.25, -0.2) is 0 Å². The Morgan fingerprint density at radius 2 is 1.36 bits per heavy atom. The lowest BCUT2D eigenvalue weighted by Gasteiger charge is -2.24. The highest BCUT2D eigenvalue weighted by Crippen LogP contribution is 2.28. The summed E-state index contributed by atoms with van der Waals surface area (Å²) in [6.45, 7) is 0.704. The van der Waals surface area contributed by atoms with Crippen molar-refractivity contribution < 1.29 is 24.1 Å². The quantitative estimate of drug-likeness (QED) is 0.797. The van der Waals surface area contributed by atoms with Crippen LogP contribution in [-0.2, 0) is 32.2 Å². The number of rotatable bonds is 8. The average molecular weight is 344 g/mol. The van der Waals surface area contributed by atoms with Gasteiger partial charge in [-0.2, -0.15) is 0 Å². The van der Waals surface area contributed by atoms with E-state index in [-0.39, 0.29) is 6.61 Å². The van der Waals surface area contributed by atoms with E-state index < -0.39 is 24.6 Å². The van der Waals surface area contributed by atoms with Gasteiger partial charge in [-0.1, -0.05) is 60.7 Å². The van der Waals surface area contributed by atoms with Gasteiger partial charge >= 0.3 is 0 Å². The lowest BCUT2D eigenvalue weighted by Crippen LogP contribution is -2.39. The predicted octanol–water partition coefficient (Wildman–Crippen LogP) is 2.52. The van der Waals surface area contributed by atoms with E-state index in [1.165, 1.54) is 0 Å². The second-order valence-electron chi connectivity index (χ2n) is 5.98. The SMILES string of the molecule is COC1O[C@H](CO)[C@@H](OCc2ccccc2)[C@@H]1OCc1ccccc1. The number of hydrogen-bond donors (Lipinski definition) is 1. The number of ether oxygens (including phenoxy) is 4. The van der Waals surface area contributed by atoms with Gasteiger partial charge in [0.15, 0.2) is 6.29 Å². The van der Waals surface area contributed by atoms with Crippen LogP contribution in [0, 0.1) is 0 Å². The Labute approximate surface area is 148 Å². The van der Waals surface area contributed by atoms with Gasteiger partial charge in [0.25, 0.3) is 0 Å². The summed E-state index contributed by atoms with van der Waals surface area (Å²) < 4.78 is 23.2. The third-order valence-electron chi connectivity index (χ3n) is 4.25. The van der Waals surface area contributed by atoms with Crippen LogP contribution in [0.1, 0.15) is 11.1 Å². The molecule has 2 aromatic rings. The fourth-order valence-electron chi connectivity index (χ4n) is 2.94. The zero-order valence-corrected chi connectivity index (χ0v) is 14.3. The van der Waals surface area contributed by atoms with E-state index >= 15 is 0 Å². The molecule has 25 heavy (non-hydrogen) atoms. The monoisotopic (exact) mass is 344 g/mol. The Bertz CT molecular complexity index is 563. The van der Waals surface area contributed by atoms with E-state index in [9.17, 15) is 5.11 Å². The molecular weight excluding hydrogens is 320 g/mol. The fourth-order valence-corrected chi connectivity index (χ4v) is 2.94. The molecule has 1 unspecified atom stereocenters. The Morgan fingerprint density at radius 1 is 0.840 bits per heavy atom. The van der Waals surface area contributed by atoms with Gasteiger partial charge in [0.1, 0.15) is 18.3 Å². The van der Waals surface area contributed by atoms with Crippen LogP contribution in [-0.4, -0.2) is 43.4 Å². The summed E-state index contributed by atoms with van der Waals surface area (Å²) in [6, 6.07) is 19.8. The number of methoxy groups -OCH3 is 1. The molecule has 5 heteroatoms. The summed E-state index contributed by atoms with van der Waals surface area (Å²) in [7, 11) is 1.57. The van der Waals surface area contributed by atoms with Crippen molar-refractivity contribution in [2.24, 2.45) is 0 Å². The molecule has 4 atom stereocenters. The molecule has 0 saturated carbocycles. The van der Waals surface area contributed by atoms with Crippen LogP contribution in [0.5, 0.6) is 0 Å². The third kappa shape index (κ3) is 4.66. The van der Waals surface area contributed by atoms with Crippen LogP contribution in [0.15, 0.2) is 60.7 Å². The number of hydrogen-bond acceptors (Lipinski definition) is 5. The van der Waals surface area contributed by atoms with Crippen molar-refractivity contribution in [3.63, 3.8) is 0 Å². The Balaban J connectivity index is 1.66. The lowest BCUT2D eigenvalue weighted by atomic mass is 10.1. The first kappa shape index (κ1) is 18.0. The zero-order valence-electron chi connectivity index (χ0n) is 14.3. The lowest BCUT2D eigenvalue weighted by molar-refractivity contribution is -0.169. The Hall–Kier alpha value is -1.76. The van der Waals surface area contributed by atoms with E-state index in [1.54, 1.807) is 7.11 Å². The molecule has 0 bridgehead atoms. The summed E-state index contributed by atoms with van der Waals surface area (Å²) in [5.74, 6) is 0. The van der Waals surface area contributed by atoms with Crippen molar-refractivity contribution in [3.05, 3.63) is 71.8 Å². The van der Waals surface area contributed by atoms with Gasteiger partial charge in [0.2, 0.25) is 0 Å². The van der Waals surface area contributed by atoms with E-state index in [1.807, 2.05) is 60.7 Å². The van der Waals surface area contributed by atoms with Crippen LogP contribution < -0.4 is 0 Å². The van der Waals surface area contributed by atoms with Crippen molar-refractivity contribution in [1.29, 1.82) is 0 Å². The standard InChI is InChI=1S/C20H24O5/c1-22-20-19(24-14-16-10-6-3-7-11-16)18(17(12-21)25-20)23-13-15-8-4-2-5-9-15/h2-11,17-21H,12-14H2,1H3/t17-,18-,19+,20?/m1/s1. The maximum Gasteiger partial charge on any atom is 0.186 e. The van der Waals surface area contributed by atoms with Gasteiger partial charge in [-0.15, -0.1) is 0 Å². The minimum Gasteiger partial charge on any atom is -0.394 e. The Morgan fingerprint density at radius 3 is 1.84 bits per heavy atom. The Kier molecular flexibility index (Phi) is 6.55. The third-order valence-corrected chi connectivity index (χ3v) is 4.25. The molecule has 1 heterocycles. The van der Waals surface area contributed by atoms with E-state index in [4.69, 9.17) is 18.9 Å².